The maximum atomic E-state index is 12.7. The van der Waals surface area contributed by atoms with Crippen LogP contribution in [0.2, 0.25) is 0 Å². The van der Waals surface area contributed by atoms with E-state index in [1.165, 1.54) is 12.1 Å². The van der Waals surface area contributed by atoms with Crippen LogP contribution in [0.4, 0.5) is 13.2 Å². The average Bonchev–Trinajstić information content (AvgIpc) is 2.99. The summed E-state index contributed by atoms with van der Waals surface area (Å²) in [7, 11) is 0. The standard InChI is InChI=1S/C16H19F3N2O2/c17-16(18,19)12-4-1-3-11(7-12)15(22)20-8-14-9-21-6-2-5-13(21)10-23-14/h1,3-4,7,13-14H,2,5-6,8-10H2,(H,20,22)/t13-,14+/m0/s1. The Morgan fingerprint density at radius 1 is 1.39 bits per heavy atom. The highest BCUT2D eigenvalue weighted by atomic mass is 19.4. The number of nitrogens with one attached hydrogen (secondary N) is 1. The highest BCUT2D eigenvalue weighted by molar-refractivity contribution is 5.94. The number of ether oxygens (including phenoxy) is 1. The van der Waals surface area contributed by atoms with Crippen molar-refractivity contribution in [1.82, 2.24) is 10.2 Å². The number of fused-ring (bicyclic) bond motifs is 1. The van der Waals surface area contributed by atoms with Crippen molar-refractivity contribution in [1.29, 1.82) is 0 Å². The number of benzene rings is 1. The van der Waals surface area contributed by atoms with E-state index in [1.807, 2.05) is 0 Å². The maximum absolute atomic E-state index is 12.7. The summed E-state index contributed by atoms with van der Waals surface area (Å²) in [6.45, 7) is 2.77. The fraction of sp³-hybridized carbons (Fsp3) is 0.562. The number of amides is 1. The van der Waals surface area contributed by atoms with Crippen LogP contribution in [0.3, 0.4) is 0 Å². The van der Waals surface area contributed by atoms with Gasteiger partial charge in [-0.05, 0) is 37.6 Å². The van der Waals surface area contributed by atoms with Gasteiger partial charge in [0.2, 0.25) is 0 Å². The summed E-state index contributed by atoms with van der Waals surface area (Å²) in [5.41, 5.74) is -0.811. The average molecular weight is 328 g/mol. The molecule has 2 saturated heterocycles. The Hall–Kier alpha value is -1.60. The molecule has 2 fully saturated rings. The van der Waals surface area contributed by atoms with E-state index in [9.17, 15) is 18.0 Å². The Balaban J connectivity index is 1.55. The van der Waals surface area contributed by atoms with Crippen molar-refractivity contribution in [3.05, 3.63) is 35.4 Å². The van der Waals surface area contributed by atoms with Crippen molar-refractivity contribution < 1.29 is 22.7 Å². The summed E-state index contributed by atoms with van der Waals surface area (Å²) in [4.78, 5) is 14.4. The van der Waals surface area contributed by atoms with E-state index in [2.05, 4.69) is 10.2 Å². The zero-order valence-corrected chi connectivity index (χ0v) is 12.6. The molecule has 2 heterocycles. The molecule has 126 valence electrons. The molecule has 1 amide bonds. The molecule has 2 atom stereocenters. The van der Waals surface area contributed by atoms with Crippen molar-refractivity contribution in [2.75, 3.05) is 26.2 Å². The van der Waals surface area contributed by atoms with E-state index in [-0.39, 0.29) is 11.7 Å². The molecule has 0 aromatic heterocycles. The van der Waals surface area contributed by atoms with Gasteiger partial charge in [0.25, 0.3) is 5.91 Å². The van der Waals surface area contributed by atoms with Gasteiger partial charge in [0.15, 0.2) is 0 Å². The fourth-order valence-electron chi connectivity index (χ4n) is 3.15. The second-order valence-corrected chi connectivity index (χ2v) is 6.03. The van der Waals surface area contributed by atoms with E-state index in [4.69, 9.17) is 4.74 Å². The van der Waals surface area contributed by atoms with Crippen molar-refractivity contribution in [3.8, 4) is 0 Å². The molecule has 1 aromatic rings. The summed E-state index contributed by atoms with van der Waals surface area (Å²) in [6, 6.07) is 4.92. The van der Waals surface area contributed by atoms with Crippen LogP contribution in [-0.2, 0) is 10.9 Å². The van der Waals surface area contributed by atoms with Crippen molar-refractivity contribution in [3.63, 3.8) is 0 Å². The number of alkyl halides is 3. The lowest BCUT2D eigenvalue weighted by Crippen LogP contribution is -2.50. The van der Waals surface area contributed by atoms with E-state index >= 15 is 0 Å². The topological polar surface area (TPSA) is 41.6 Å². The molecule has 0 unspecified atom stereocenters. The van der Waals surface area contributed by atoms with Crippen molar-refractivity contribution in [2.24, 2.45) is 0 Å². The minimum Gasteiger partial charge on any atom is -0.373 e. The Kier molecular flexibility index (Phi) is 4.59. The third-order valence-electron chi connectivity index (χ3n) is 4.40. The molecular formula is C16H19F3N2O2. The lowest BCUT2D eigenvalue weighted by molar-refractivity contribution is -0.137. The van der Waals surface area contributed by atoms with Crippen LogP contribution < -0.4 is 5.32 Å². The van der Waals surface area contributed by atoms with Crippen LogP contribution >= 0.6 is 0 Å². The molecule has 3 rings (SSSR count). The number of hydrogen-bond acceptors (Lipinski definition) is 3. The van der Waals surface area contributed by atoms with Crippen LogP contribution in [0.5, 0.6) is 0 Å². The molecule has 23 heavy (non-hydrogen) atoms. The number of morpholine rings is 1. The molecule has 0 bridgehead atoms. The van der Waals surface area contributed by atoms with E-state index < -0.39 is 17.6 Å². The lowest BCUT2D eigenvalue weighted by atomic mass is 10.1. The number of hydrogen-bond donors (Lipinski definition) is 1. The van der Waals surface area contributed by atoms with E-state index in [1.54, 1.807) is 0 Å². The summed E-state index contributed by atoms with van der Waals surface area (Å²) in [5.74, 6) is -0.511. The number of halogens is 3. The van der Waals surface area contributed by atoms with E-state index in [0.29, 0.717) is 19.2 Å². The van der Waals surface area contributed by atoms with Crippen LogP contribution in [0.25, 0.3) is 0 Å². The van der Waals surface area contributed by atoms with Crippen molar-refractivity contribution in [2.45, 2.75) is 31.2 Å². The third-order valence-corrected chi connectivity index (χ3v) is 4.40. The molecule has 7 heteroatoms. The van der Waals surface area contributed by atoms with Gasteiger partial charge in [-0.1, -0.05) is 6.07 Å². The molecule has 1 N–H and O–H groups in total. The number of nitrogens with zero attached hydrogens (tertiary/aromatic N) is 1. The minimum absolute atomic E-state index is 0.00897. The predicted octanol–water partition coefficient (Wildman–Crippen LogP) is 2.30. The molecule has 0 aliphatic carbocycles. The zero-order chi connectivity index (χ0) is 16.4. The van der Waals surface area contributed by atoms with Gasteiger partial charge in [-0.2, -0.15) is 13.2 Å². The molecule has 2 aliphatic heterocycles. The van der Waals surface area contributed by atoms with E-state index in [0.717, 1.165) is 38.1 Å². The largest absolute Gasteiger partial charge is 0.416 e. The quantitative estimate of drug-likeness (QED) is 0.926. The number of carbonyl (C=O) groups excluding carboxylic acids is 1. The van der Waals surface area contributed by atoms with Crippen LogP contribution in [0.1, 0.15) is 28.8 Å². The second-order valence-electron chi connectivity index (χ2n) is 6.03. The van der Waals surface area contributed by atoms with Gasteiger partial charge in [0.05, 0.1) is 18.3 Å². The molecule has 1 aromatic carbocycles. The van der Waals surface area contributed by atoms with Crippen LogP contribution in [0, 0.1) is 0 Å². The Labute approximate surface area is 132 Å². The van der Waals surface area contributed by atoms with Crippen molar-refractivity contribution >= 4 is 5.91 Å². The van der Waals surface area contributed by atoms with Crippen LogP contribution in [-0.4, -0.2) is 49.2 Å². The number of rotatable bonds is 3. The first-order valence-electron chi connectivity index (χ1n) is 7.74. The highest BCUT2D eigenvalue weighted by Gasteiger charge is 2.33. The summed E-state index contributed by atoms with van der Waals surface area (Å²) in [6.07, 6.45) is -2.26. The summed E-state index contributed by atoms with van der Waals surface area (Å²) >= 11 is 0. The van der Waals surface area contributed by atoms with Gasteiger partial charge >= 0.3 is 6.18 Å². The molecule has 0 spiro atoms. The smallest absolute Gasteiger partial charge is 0.373 e. The van der Waals surface area contributed by atoms with Gasteiger partial charge in [0.1, 0.15) is 0 Å². The van der Waals surface area contributed by atoms with Gasteiger partial charge in [-0.25, -0.2) is 0 Å². The fourth-order valence-corrected chi connectivity index (χ4v) is 3.15. The molecule has 0 saturated carbocycles. The third kappa shape index (κ3) is 3.84. The molecular weight excluding hydrogens is 309 g/mol. The monoisotopic (exact) mass is 328 g/mol. The first-order valence-corrected chi connectivity index (χ1v) is 7.74. The highest BCUT2D eigenvalue weighted by Crippen LogP contribution is 2.29. The SMILES string of the molecule is O=C(NC[C@@H]1CN2CCC[C@H]2CO1)c1cccc(C(F)(F)F)c1. The molecule has 2 aliphatic rings. The zero-order valence-electron chi connectivity index (χ0n) is 12.6. The van der Waals surface area contributed by atoms with Gasteiger partial charge in [0, 0.05) is 24.7 Å². The van der Waals surface area contributed by atoms with Gasteiger partial charge in [-0.3, -0.25) is 9.69 Å². The molecule has 0 radical (unpaired) electrons. The molecule has 4 nitrogen and oxygen atoms in total. The maximum Gasteiger partial charge on any atom is 0.416 e. The summed E-state index contributed by atoms with van der Waals surface area (Å²) < 4.78 is 43.7. The summed E-state index contributed by atoms with van der Waals surface area (Å²) in [5, 5.41) is 2.67. The Morgan fingerprint density at radius 2 is 2.22 bits per heavy atom. The predicted molar refractivity (Wildman–Crippen MR) is 78.1 cm³/mol. The minimum atomic E-state index is -4.45. The van der Waals surface area contributed by atoms with Crippen LogP contribution in [0.15, 0.2) is 24.3 Å². The first-order chi connectivity index (χ1) is 10.9. The normalized spacial score (nSPS) is 25.2. The van der Waals surface area contributed by atoms with Gasteiger partial charge < -0.3 is 10.1 Å². The Morgan fingerprint density at radius 3 is 3.00 bits per heavy atom. The first kappa shape index (κ1) is 16.3. The lowest BCUT2D eigenvalue weighted by Gasteiger charge is -2.35. The van der Waals surface area contributed by atoms with Gasteiger partial charge in [-0.15, -0.1) is 0 Å². The Bertz CT molecular complexity index is 577. The second kappa shape index (κ2) is 6.49. The number of carbonyl (C=O) groups is 1.